The Morgan fingerprint density at radius 2 is 2.00 bits per heavy atom. The second-order valence-corrected chi connectivity index (χ2v) is 11.6. The summed E-state index contributed by atoms with van der Waals surface area (Å²) in [6.45, 7) is 13.3. The Bertz CT molecular complexity index is 456. The number of rotatable bonds is 5. The summed E-state index contributed by atoms with van der Waals surface area (Å²) < 4.78 is 5.26. The quantitative estimate of drug-likeness (QED) is 0.248. The van der Waals surface area contributed by atoms with Gasteiger partial charge in [-0.2, -0.15) is 0 Å². The molecule has 0 aromatic heterocycles. The van der Waals surface area contributed by atoms with Gasteiger partial charge in [-0.1, -0.05) is 30.8 Å². The number of hydrogen-bond acceptors (Lipinski definition) is 2. The van der Waals surface area contributed by atoms with E-state index in [2.05, 4.69) is 45.0 Å². The van der Waals surface area contributed by atoms with E-state index in [0.29, 0.717) is 6.61 Å². The second kappa shape index (κ2) is 6.63. The Morgan fingerprint density at radius 3 is 2.45 bits per heavy atom. The molecular weight excluding hydrogens is 264 g/mol. The Morgan fingerprint density at radius 1 is 1.35 bits per heavy atom. The van der Waals surface area contributed by atoms with Crippen LogP contribution in [0.2, 0.25) is 19.6 Å². The highest BCUT2D eigenvalue weighted by molar-refractivity contribution is 6.83. The number of ether oxygens (including phenoxy) is 1. The summed E-state index contributed by atoms with van der Waals surface area (Å²) in [6.07, 6.45) is 3.64. The molecule has 0 heterocycles. The Labute approximate surface area is 125 Å². The van der Waals surface area contributed by atoms with Gasteiger partial charge in [-0.3, -0.25) is 4.79 Å². The highest BCUT2D eigenvalue weighted by Gasteiger charge is 2.56. The molecular formula is C17H28O2Si. The number of carbonyl (C=O) groups excluding carboxylic acids is 1. The number of hydrogen-bond donors (Lipinski definition) is 0. The topological polar surface area (TPSA) is 26.3 Å². The van der Waals surface area contributed by atoms with Gasteiger partial charge in [-0.25, -0.2) is 0 Å². The normalized spacial score (nSPS) is 21.0. The maximum Gasteiger partial charge on any atom is 0.316 e. The first kappa shape index (κ1) is 17.0. The van der Waals surface area contributed by atoms with E-state index in [1.807, 2.05) is 6.92 Å². The molecule has 1 aliphatic carbocycles. The van der Waals surface area contributed by atoms with Crippen LogP contribution in [0.5, 0.6) is 0 Å². The zero-order chi connectivity index (χ0) is 15.4. The summed E-state index contributed by atoms with van der Waals surface area (Å²) in [5.74, 6) is 3.25. The Kier molecular flexibility index (Phi) is 5.65. The van der Waals surface area contributed by atoms with Crippen LogP contribution in [-0.2, 0) is 9.53 Å². The van der Waals surface area contributed by atoms with Gasteiger partial charge in [0.25, 0.3) is 0 Å². The molecule has 0 aromatic carbocycles. The van der Waals surface area contributed by atoms with Gasteiger partial charge in [-0.15, -0.1) is 11.5 Å². The lowest BCUT2D eigenvalue weighted by Gasteiger charge is -2.13. The van der Waals surface area contributed by atoms with Gasteiger partial charge in [-0.05, 0) is 40.0 Å². The van der Waals surface area contributed by atoms with Crippen molar-refractivity contribution in [2.45, 2.75) is 66.1 Å². The number of esters is 1. The van der Waals surface area contributed by atoms with E-state index in [4.69, 9.17) is 4.74 Å². The standard InChI is InChI=1S/C17H28O2Si/c1-7-19-16(18)17(13-15(17)14(2)3)11-9-8-10-12-20(4,5)6/h7-9,11,13H2,1-6H3. The lowest BCUT2D eigenvalue weighted by Crippen LogP contribution is -2.20. The second-order valence-electron chi connectivity index (χ2n) is 6.86. The molecule has 0 bridgehead atoms. The molecule has 0 saturated heterocycles. The van der Waals surface area contributed by atoms with E-state index in [9.17, 15) is 4.79 Å². The fourth-order valence-electron chi connectivity index (χ4n) is 2.53. The minimum atomic E-state index is -1.27. The van der Waals surface area contributed by atoms with E-state index >= 15 is 0 Å². The molecule has 0 spiro atoms. The summed E-state index contributed by atoms with van der Waals surface area (Å²) in [6, 6.07) is 0. The third kappa shape index (κ3) is 4.52. The smallest absolute Gasteiger partial charge is 0.316 e. The van der Waals surface area contributed by atoms with Crippen LogP contribution in [-0.4, -0.2) is 20.7 Å². The van der Waals surface area contributed by atoms with Gasteiger partial charge >= 0.3 is 5.97 Å². The van der Waals surface area contributed by atoms with E-state index < -0.39 is 8.07 Å². The summed E-state index contributed by atoms with van der Waals surface area (Å²) in [4.78, 5) is 12.2. The first-order valence-corrected chi connectivity index (χ1v) is 11.1. The van der Waals surface area contributed by atoms with Gasteiger partial charge in [0, 0.05) is 6.42 Å². The first-order valence-electron chi connectivity index (χ1n) is 7.57. The minimum absolute atomic E-state index is 0.0330. The van der Waals surface area contributed by atoms with E-state index in [1.54, 1.807) is 0 Å². The van der Waals surface area contributed by atoms with Crippen LogP contribution in [0.25, 0.3) is 0 Å². The zero-order valence-electron chi connectivity index (χ0n) is 13.9. The van der Waals surface area contributed by atoms with Crippen molar-refractivity contribution in [3.05, 3.63) is 11.1 Å². The molecule has 0 amide bonds. The van der Waals surface area contributed by atoms with Crippen LogP contribution in [0, 0.1) is 16.9 Å². The van der Waals surface area contributed by atoms with Crippen LogP contribution in [0.15, 0.2) is 11.1 Å². The molecule has 0 N–H and O–H groups in total. The third-order valence-electron chi connectivity index (χ3n) is 3.57. The maximum absolute atomic E-state index is 12.2. The highest BCUT2D eigenvalue weighted by atomic mass is 28.3. The fraction of sp³-hybridized carbons (Fsp3) is 0.706. The molecule has 112 valence electrons. The van der Waals surface area contributed by atoms with Gasteiger partial charge in [0.05, 0.1) is 12.0 Å². The Hall–Kier alpha value is -1.01. The summed E-state index contributed by atoms with van der Waals surface area (Å²) in [5.41, 5.74) is 5.62. The molecule has 1 aliphatic rings. The summed E-state index contributed by atoms with van der Waals surface area (Å²) in [5, 5.41) is 0. The monoisotopic (exact) mass is 292 g/mol. The summed E-state index contributed by atoms with van der Waals surface area (Å²) in [7, 11) is -1.27. The molecule has 1 rings (SSSR count). The van der Waals surface area contributed by atoms with E-state index in [-0.39, 0.29) is 11.4 Å². The van der Waals surface area contributed by atoms with Gasteiger partial charge < -0.3 is 4.74 Å². The lowest BCUT2D eigenvalue weighted by atomic mass is 9.97. The zero-order valence-corrected chi connectivity index (χ0v) is 14.9. The van der Waals surface area contributed by atoms with Gasteiger partial charge in [0.1, 0.15) is 8.07 Å². The van der Waals surface area contributed by atoms with Crippen LogP contribution in [0.1, 0.15) is 46.5 Å². The molecule has 0 radical (unpaired) electrons. The number of carbonyl (C=O) groups is 1. The van der Waals surface area contributed by atoms with Crippen molar-refractivity contribution in [3.8, 4) is 11.5 Å². The van der Waals surface area contributed by atoms with Crippen molar-refractivity contribution in [2.75, 3.05) is 6.61 Å². The third-order valence-corrected chi connectivity index (χ3v) is 4.50. The van der Waals surface area contributed by atoms with Crippen LogP contribution in [0.4, 0.5) is 0 Å². The maximum atomic E-state index is 12.2. The number of unbranched alkanes of at least 4 members (excludes halogenated alkanes) is 1. The molecule has 0 aromatic rings. The molecule has 1 fully saturated rings. The molecule has 1 saturated carbocycles. The van der Waals surface area contributed by atoms with Gasteiger partial charge in [0.15, 0.2) is 0 Å². The molecule has 1 unspecified atom stereocenters. The molecule has 3 heteroatoms. The highest BCUT2D eigenvalue weighted by Crippen LogP contribution is 2.58. The first-order chi connectivity index (χ1) is 9.23. The van der Waals surface area contributed by atoms with E-state index in [1.165, 1.54) is 11.1 Å². The van der Waals surface area contributed by atoms with E-state index in [0.717, 1.165) is 25.7 Å². The average molecular weight is 292 g/mol. The molecule has 0 aliphatic heterocycles. The van der Waals surface area contributed by atoms with Crippen LogP contribution in [0.3, 0.4) is 0 Å². The Balaban J connectivity index is 2.59. The molecule has 2 nitrogen and oxygen atoms in total. The van der Waals surface area contributed by atoms with Crippen molar-refractivity contribution in [1.82, 2.24) is 0 Å². The van der Waals surface area contributed by atoms with Crippen molar-refractivity contribution < 1.29 is 9.53 Å². The van der Waals surface area contributed by atoms with Crippen LogP contribution < -0.4 is 0 Å². The minimum Gasteiger partial charge on any atom is -0.465 e. The summed E-state index contributed by atoms with van der Waals surface area (Å²) >= 11 is 0. The molecule has 20 heavy (non-hydrogen) atoms. The SMILES string of the molecule is CCOC(=O)C1(CCCC#C[Si](C)(C)C)CC1=C(C)C. The van der Waals surface area contributed by atoms with Crippen LogP contribution >= 0.6 is 0 Å². The number of allylic oxidation sites excluding steroid dienone is 1. The van der Waals surface area contributed by atoms with Crippen molar-refractivity contribution in [3.63, 3.8) is 0 Å². The lowest BCUT2D eigenvalue weighted by molar-refractivity contribution is -0.149. The predicted octanol–water partition coefficient (Wildman–Crippen LogP) is 4.33. The molecule has 1 atom stereocenters. The van der Waals surface area contributed by atoms with Gasteiger partial charge in [0.2, 0.25) is 0 Å². The van der Waals surface area contributed by atoms with Crippen molar-refractivity contribution in [1.29, 1.82) is 0 Å². The van der Waals surface area contributed by atoms with Crippen molar-refractivity contribution >= 4 is 14.0 Å². The largest absolute Gasteiger partial charge is 0.465 e. The fourth-order valence-corrected chi connectivity index (χ4v) is 3.18. The average Bonchev–Trinajstić information content (AvgIpc) is 3.04. The van der Waals surface area contributed by atoms with Crippen molar-refractivity contribution in [2.24, 2.45) is 5.41 Å². The predicted molar refractivity (Wildman–Crippen MR) is 87.0 cm³/mol.